The predicted molar refractivity (Wildman–Crippen MR) is 76.2 cm³/mol. The van der Waals surface area contributed by atoms with E-state index in [2.05, 4.69) is 28.6 Å². The standard InChI is InChI=1S/C14H18N2O2S/c1-4-18-13(17)8-6-11-9-19-14(15-11)12-7-5-10(2)16(12)3/h5,7,9H,4,6,8H2,1-3H3. The third-order valence-electron chi connectivity index (χ3n) is 3.03. The molecule has 19 heavy (non-hydrogen) atoms. The smallest absolute Gasteiger partial charge is 0.306 e. The summed E-state index contributed by atoms with van der Waals surface area (Å²) in [6.07, 6.45) is 1.03. The van der Waals surface area contributed by atoms with Crippen LogP contribution in [0.3, 0.4) is 0 Å². The van der Waals surface area contributed by atoms with Crippen LogP contribution in [0.5, 0.6) is 0 Å². The summed E-state index contributed by atoms with van der Waals surface area (Å²) in [5, 5.41) is 3.01. The number of rotatable bonds is 5. The molecule has 0 fully saturated rings. The summed E-state index contributed by atoms with van der Waals surface area (Å²) in [6, 6.07) is 4.15. The Morgan fingerprint density at radius 2 is 2.26 bits per heavy atom. The van der Waals surface area contributed by atoms with Crippen LogP contribution in [0.25, 0.3) is 10.7 Å². The summed E-state index contributed by atoms with van der Waals surface area (Å²) in [5.74, 6) is -0.160. The van der Waals surface area contributed by atoms with Crippen LogP contribution in [0.15, 0.2) is 17.5 Å². The quantitative estimate of drug-likeness (QED) is 0.790. The molecule has 0 spiro atoms. The molecule has 0 saturated heterocycles. The molecule has 0 aliphatic heterocycles. The number of carbonyl (C=O) groups is 1. The summed E-state index contributed by atoms with van der Waals surface area (Å²) in [6.45, 7) is 4.32. The van der Waals surface area contributed by atoms with Gasteiger partial charge in [-0.1, -0.05) is 0 Å². The monoisotopic (exact) mass is 278 g/mol. The van der Waals surface area contributed by atoms with Gasteiger partial charge in [-0.05, 0) is 26.0 Å². The fourth-order valence-electron chi connectivity index (χ4n) is 1.83. The normalized spacial score (nSPS) is 10.7. The predicted octanol–water partition coefficient (Wildman–Crippen LogP) is 2.95. The number of hydrogen-bond donors (Lipinski definition) is 0. The molecule has 2 aromatic heterocycles. The molecule has 2 aromatic rings. The Labute approximate surface area is 117 Å². The largest absolute Gasteiger partial charge is 0.466 e. The number of thiazole rings is 1. The zero-order chi connectivity index (χ0) is 13.8. The number of carbonyl (C=O) groups excluding carboxylic acids is 1. The van der Waals surface area contributed by atoms with Crippen molar-refractivity contribution in [3.63, 3.8) is 0 Å². The van der Waals surface area contributed by atoms with Crippen molar-refractivity contribution in [2.45, 2.75) is 26.7 Å². The Hall–Kier alpha value is -1.62. The van der Waals surface area contributed by atoms with Crippen LogP contribution in [0.1, 0.15) is 24.7 Å². The fraction of sp³-hybridized carbons (Fsp3) is 0.429. The van der Waals surface area contributed by atoms with Crippen LogP contribution in [0.2, 0.25) is 0 Å². The van der Waals surface area contributed by atoms with Gasteiger partial charge in [0.05, 0.1) is 24.4 Å². The van der Waals surface area contributed by atoms with Crippen molar-refractivity contribution in [2.24, 2.45) is 7.05 Å². The van der Waals surface area contributed by atoms with E-state index in [-0.39, 0.29) is 5.97 Å². The summed E-state index contributed by atoms with van der Waals surface area (Å²) >= 11 is 1.61. The van der Waals surface area contributed by atoms with Gasteiger partial charge < -0.3 is 9.30 Å². The molecule has 0 bridgehead atoms. The van der Waals surface area contributed by atoms with Crippen molar-refractivity contribution in [1.82, 2.24) is 9.55 Å². The minimum absolute atomic E-state index is 0.160. The number of esters is 1. The molecule has 0 aromatic carbocycles. The Balaban J connectivity index is 2.03. The second-order valence-corrected chi connectivity index (χ2v) is 5.23. The second kappa shape index (κ2) is 6.02. The Kier molecular flexibility index (Phi) is 4.37. The molecule has 0 aliphatic carbocycles. The van der Waals surface area contributed by atoms with Crippen LogP contribution in [-0.4, -0.2) is 22.1 Å². The zero-order valence-electron chi connectivity index (χ0n) is 11.5. The number of ether oxygens (including phenoxy) is 1. The van der Waals surface area contributed by atoms with E-state index in [9.17, 15) is 4.79 Å². The number of hydrogen-bond acceptors (Lipinski definition) is 4. The van der Waals surface area contributed by atoms with Crippen molar-refractivity contribution >= 4 is 17.3 Å². The number of aryl methyl sites for hydroxylation is 2. The molecule has 2 rings (SSSR count). The van der Waals surface area contributed by atoms with Crippen molar-refractivity contribution < 1.29 is 9.53 Å². The van der Waals surface area contributed by atoms with Gasteiger partial charge in [0.15, 0.2) is 0 Å². The van der Waals surface area contributed by atoms with Crippen molar-refractivity contribution in [3.8, 4) is 10.7 Å². The molecular formula is C14H18N2O2S. The SMILES string of the molecule is CCOC(=O)CCc1csc(-c2ccc(C)n2C)n1. The highest BCUT2D eigenvalue weighted by atomic mass is 32.1. The maximum Gasteiger partial charge on any atom is 0.306 e. The van der Waals surface area contributed by atoms with Gasteiger partial charge in [-0.15, -0.1) is 11.3 Å². The Morgan fingerprint density at radius 3 is 2.89 bits per heavy atom. The summed E-state index contributed by atoms with van der Waals surface area (Å²) < 4.78 is 7.03. The topological polar surface area (TPSA) is 44.1 Å². The summed E-state index contributed by atoms with van der Waals surface area (Å²) in [5.41, 5.74) is 3.27. The molecule has 0 atom stereocenters. The first-order valence-electron chi connectivity index (χ1n) is 6.34. The van der Waals surface area contributed by atoms with Gasteiger partial charge in [-0.3, -0.25) is 4.79 Å². The molecule has 5 heteroatoms. The maximum atomic E-state index is 11.3. The lowest BCUT2D eigenvalue weighted by Crippen LogP contribution is -2.05. The minimum atomic E-state index is -0.160. The molecular weight excluding hydrogens is 260 g/mol. The van der Waals surface area contributed by atoms with Crippen molar-refractivity contribution in [3.05, 3.63) is 28.9 Å². The summed E-state index contributed by atoms with van der Waals surface area (Å²) in [7, 11) is 2.03. The van der Waals surface area contributed by atoms with E-state index in [1.165, 1.54) is 5.69 Å². The van der Waals surface area contributed by atoms with E-state index in [0.717, 1.165) is 16.4 Å². The molecule has 0 amide bonds. The molecule has 4 nitrogen and oxygen atoms in total. The van der Waals surface area contributed by atoms with Crippen LogP contribution in [0, 0.1) is 6.92 Å². The van der Waals surface area contributed by atoms with Crippen LogP contribution < -0.4 is 0 Å². The third kappa shape index (κ3) is 3.23. The van der Waals surface area contributed by atoms with E-state index in [1.54, 1.807) is 11.3 Å². The van der Waals surface area contributed by atoms with E-state index >= 15 is 0 Å². The summed E-state index contributed by atoms with van der Waals surface area (Å²) in [4.78, 5) is 15.9. The van der Waals surface area contributed by atoms with E-state index in [0.29, 0.717) is 19.4 Å². The molecule has 0 N–H and O–H groups in total. The lowest BCUT2D eigenvalue weighted by atomic mass is 10.2. The highest BCUT2D eigenvalue weighted by Crippen LogP contribution is 2.25. The minimum Gasteiger partial charge on any atom is -0.466 e. The zero-order valence-corrected chi connectivity index (χ0v) is 12.3. The van der Waals surface area contributed by atoms with Crippen molar-refractivity contribution in [2.75, 3.05) is 6.61 Å². The van der Waals surface area contributed by atoms with Gasteiger partial charge in [-0.2, -0.15) is 0 Å². The average Bonchev–Trinajstić information content (AvgIpc) is 2.96. The van der Waals surface area contributed by atoms with Gasteiger partial charge in [0.2, 0.25) is 0 Å². The molecule has 0 saturated carbocycles. The lowest BCUT2D eigenvalue weighted by Gasteiger charge is -2.01. The first kappa shape index (κ1) is 13.8. The van der Waals surface area contributed by atoms with E-state index < -0.39 is 0 Å². The average molecular weight is 278 g/mol. The Morgan fingerprint density at radius 1 is 1.47 bits per heavy atom. The van der Waals surface area contributed by atoms with Crippen LogP contribution >= 0.6 is 11.3 Å². The first-order chi connectivity index (χ1) is 9.11. The highest BCUT2D eigenvalue weighted by molar-refractivity contribution is 7.13. The molecule has 0 radical (unpaired) electrons. The second-order valence-electron chi connectivity index (χ2n) is 4.37. The van der Waals surface area contributed by atoms with Gasteiger partial charge in [0.1, 0.15) is 5.01 Å². The van der Waals surface area contributed by atoms with Crippen LogP contribution in [0.4, 0.5) is 0 Å². The van der Waals surface area contributed by atoms with Crippen LogP contribution in [-0.2, 0) is 23.0 Å². The van der Waals surface area contributed by atoms with E-state index in [1.807, 2.05) is 19.4 Å². The van der Waals surface area contributed by atoms with Gasteiger partial charge in [-0.25, -0.2) is 4.98 Å². The lowest BCUT2D eigenvalue weighted by molar-refractivity contribution is -0.143. The fourth-order valence-corrected chi connectivity index (χ4v) is 2.74. The first-order valence-corrected chi connectivity index (χ1v) is 7.22. The third-order valence-corrected chi connectivity index (χ3v) is 3.95. The van der Waals surface area contributed by atoms with E-state index in [4.69, 9.17) is 4.74 Å². The van der Waals surface area contributed by atoms with Gasteiger partial charge in [0.25, 0.3) is 0 Å². The van der Waals surface area contributed by atoms with Crippen molar-refractivity contribution in [1.29, 1.82) is 0 Å². The molecule has 0 unspecified atom stereocenters. The number of nitrogens with zero attached hydrogens (tertiary/aromatic N) is 2. The van der Waals surface area contributed by atoms with Gasteiger partial charge in [0, 0.05) is 24.5 Å². The highest BCUT2D eigenvalue weighted by Gasteiger charge is 2.10. The number of aromatic nitrogens is 2. The Bertz CT molecular complexity index is 572. The van der Waals surface area contributed by atoms with Gasteiger partial charge >= 0.3 is 5.97 Å². The molecule has 0 aliphatic rings. The maximum absolute atomic E-state index is 11.3. The molecule has 102 valence electrons. The molecule has 2 heterocycles.